The van der Waals surface area contributed by atoms with E-state index in [0.717, 1.165) is 27.1 Å². The van der Waals surface area contributed by atoms with Crippen molar-refractivity contribution in [2.45, 2.75) is 12.3 Å². The molecule has 1 N–H and O–H groups in total. The maximum absolute atomic E-state index is 11.6. The Morgan fingerprint density at radius 1 is 0.880 bits per heavy atom. The number of rotatable bonds is 6. The van der Waals surface area contributed by atoms with Crippen LogP contribution in [0.4, 0.5) is 0 Å². The van der Waals surface area contributed by atoms with Crippen molar-refractivity contribution in [3.63, 3.8) is 0 Å². The van der Waals surface area contributed by atoms with Gasteiger partial charge in [-0.1, -0.05) is 58.4 Å². The van der Waals surface area contributed by atoms with Crippen molar-refractivity contribution in [3.05, 3.63) is 94.5 Å². The number of ether oxygens (including phenoxy) is 1. The summed E-state index contributed by atoms with van der Waals surface area (Å²) in [6, 6.07) is 24.5. The molecular weight excluding hydrogens is 380 g/mol. The molecule has 3 aromatic rings. The number of benzene rings is 3. The van der Waals surface area contributed by atoms with Crippen LogP contribution in [0.5, 0.6) is 11.5 Å². The molecule has 0 amide bonds. The van der Waals surface area contributed by atoms with Gasteiger partial charge in [0.05, 0.1) is 5.92 Å². The number of carboxylic acid groups (broad SMARTS) is 1. The summed E-state index contributed by atoms with van der Waals surface area (Å²) >= 11 is 3.39. The van der Waals surface area contributed by atoms with Crippen molar-refractivity contribution in [2.24, 2.45) is 0 Å². The van der Waals surface area contributed by atoms with E-state index in [-0.39, 0.29) is 0 Å². The van der Waals surface area contributed by atoms with Crippen LogP contribution in [0.2, 0.25) is 0 Å². The van der Waals surface area contributed by atoms with Crippen LogP contribution in [-0.2, 0) is 11.2 Å². The van der Waals surface area contributed by atoms with Crippen molar-refractivity contribution in [1.82, 2.24) is 0 Å². The van der Waals surface area contributed by atoms with E-state index in [4.69, 9.17) is 4.74 Å². The molecule has 0 saturated carbocycles. The molecule has 126 valence electrons. The molecule has 1 atom stereocenters. The molecule has 0 fully saturated rings. The van der Waals surface area contributed by atoms with Crippen molar-refractivity contribution in [2.75, 3.05) is 0 Å². The molecule has 3 nitrogen and oxygen atoms in total. The van der Waals surface area contributed by atoms with Crippen LogP contribution in [0.1, 0.15) is 17.0 Å². The molecule has 0 aliphatic heterocycles. The molecule has 0 bridgehead atoms. The number of hydrogen-bond donors (Lipinski definition) is 1. The molecule has 0 aliphatic rings. The number of aliphatic carboxylic acids is 1. The lowest BCUT2D eigenvalue weighted by molar-refractivity contribution is -0.138. The van der Waals surface area contributed by atoms with E-state index >= 15 is 0 Å². The third-order valence-corrected chi connectivity index (χ3v) is 4.44. The Labute approximate surface area is 155 Å². The SMILES string of the molecule is O=C(O)C(Cc1ccc(Oc2ccc(Br)cc2)cc1)c1ccccc1. The van der Waals surface area contributed by atoms with E-state index in [1.165, 1.54) is 0 Å². The highest BCUT2D eigenvalue weighted by Gasteiger charge is 2.20. The van der Waals surface area contributed by atoms with Crippen LogP contribution in [0.25, 0.3) is 0 Å². The lowest BCUT2D eigenvalue weighted by Gasteiger charge is -2.13. The Hall–Kier alpha value is -2.59. The Bertz CT molecular complexity index is 827. The summed E-state index contributed by atoms with van der Waals surface area (Å²) in [5.74, 6) is 0.0992. The fraction of sp³-hybridized carbons (Fsp3) is 0.0952. The van der Waals surface area contributed by atoms with Crippen LogP contribution in [-0.4, -0.2) is 11.1 Å². The highest BCUT2D eigenvalue weighted by Crippen LogP contribution is 2.26. The molecule has 25 heavy (non-hydrogen) atoms. The molecular formula is C21H17BrO3. The van der Waals surface area contributed by atoms with Gasteiger partial charge in [0, 0.05) is 4.47 Å². The van der Waals surface area contributed by atoms with Crippen LogP contribution in [0.3, 0.4) is 0 Å². The maximum Gasteiger partial charge on any atom is 0.311 e. The normalized spacial score (nSPS) is 11.7. The van der Waals surface area contributed by atoms with E-state index in [9.17, 15) is 9.90 Å². The van der Waals surface area contributed by atoms with Gasteiger partial charge in [0.25, 0.3) is 0 Å². The van der Waals surface area contributed by atoms with Crippen molar-refractivity contribution in [1.29, 1.82) is 0 Å². The number of hydrogen-bond acceptors (Lipinski definition) is 2. The van der Waals surface area contributed by atoms with Gasteiger partial charge in [-0.2, -0.15) is 0 Å². The molecule has 0 radical (unpaired) electrons. The van der Waals surface area contributed by atoms with E-state index in [0.29, 0.717) is 6.42 Å². The summed E-state index contributed by atoms with van der Waals surface area (Å²) < 4.78 is 6.78. The zero-order valence-corrected chi connectivity index (χ0v) is 15.0. The summed E-state index contributed by atoms with van der Waals surface area (Å²) in [7, 11) is 0. The van der Waals surface area contributed by atoms with Crippen LogP contribution < -0.4 is 4.74 Å². The Morgan fingerprint density at radius 2 is 1.44 bits per heavy atom. The Morgan fingerprint density at radius 3 is 2.00 bits per heavy atom. The molecule has 4 heteroatoms. The standard InChI is InChI=1S/C21H17BrO3/c22-17-8-12-19(13-9-17)25-18-10-6-15(7-11-18)14-20(21(23)24)16-4-2-1-3-5-16/h1-13,20H,14H2,(H,23,24). The van der Waals surface area contributed by atoms with Crippen LogP contribution in [0.15, 0.2) is 83.3 Å². The van der Waals surface area contributed by atoms with E-state index < -0.39 is 11.9 Å². The summed E-state index contributed by atoms with van der Waals surface area (Å²) in [6.07, 6.45) is 0.442. The monoisotopic (exact) mass is 396 g/mol. The fourth-order valence-corrected chi connectivity index (χ4v) is 2.87. The van der Waals surface area contributed by atoms with Gasteiger partial charge < -0.3 is 9.84 Å². The average Bonchev–Trinajstić information content (AvgIpc) is 2.63. The van der Waals surface area contributed by atoms with Gasteiger partial charge >= 0.3 is 5.97 Å². The molecule has 3 aromatic carbocycles. The predicted molar refractivity (Wildman–Crippen MR) is 101 cm³/mol. The predicted octanol–water partition coefficient (Wildman–Crippen LogP) is 5.65. The molecule has 0 aromatic heterocycles. The number of halogens is 1. The molecule has 0 saturated heterocycles. The minimum atomic E-state index is -0.818. The highest BCUT2D eigenvalue weighted by molar-refractivity contribution is 9.10. The lowest BCUT2D eigenvalue weighted by Crippen LogP contribution is -2.14. The Kier molecular flexibility index (Phi) is 5.51. The van der Waals surface area contributed by atoms with E-state index in [1.807, 2.05) is 78.9 Å². The minimum absolute atomic E-state index is 0.442. The highest BCUT2D eigenvalue weighted by atomic mass is 79.9. The van der Waals surface area contributed by atoms with Crippen molar-refractivity contribution >= 4 is 21.9 Å². The third kappa shape index (κ3) is 4.70. The molecule has 0 aliphatic carbocycles. The second-order valence-corrected chi connectivity index (χ2v) is 6.62. The average molecular weight is 397 g/mol. The topological polar surface area (TPSA) is 46.5 Å². The third-order valence-electron chi connectivity index (χ3n) is 3.91. The molecule has 0 spiro atoms. The second-order valence-electron chi connectivity index (χ2n) is 5.71. The van der Waals surface area contributed by atoms with Gasteiger partial charge in [-0.15, -0.1) is 0 Å². The van der Waals surface area contributed by atoms with Gasteiger partial charge in [-0.25, -0.2) is 0 Å². The zero-order valence-electron chi connectivity index (χ0n) is 13.4. The largest absolute Gasteiger partial charge is 0.481 e. The van der Waals surface area contributed by atoms with Crippen LogP contribution >= 0.6 is 15.9 Å². The first-order valence-electron chi connectivity index (χ1n) is 7.92. The smallest absolute Gasteiger partial charge is 0.311 e. The molecule has 3 rings (SSSR count). The van der Waals surface area contributed by atoms with Gasteiger partial charge in [-0.3, -0.25) is 4.79 Å². The second kappa shape index (κ2) is 7.99. The molecule has 0 heterocycles. The number of carbonyl (C=O) groups is 1. The van der Waals surface area contributed by atoms with E-state index in [2.05, 4.69) is 15.9 Å². The van der Waals surface area contributed by atoms with Crippen molar-refractivity contribution in [3.8, 4) is 11.5 Å². The Balaban J connectivity index is 1.71. The summed E-state index contributed by atoms with van der Waals surface area (Å²) in [5, 5.41) is 9.53. The van der Waals surface area contributed by atoms with Gasteiger partial charge in [0.1, 0.15) is 11.5 Å². The number of carboxylic acids is 1. The first kappa shape index (κ1) is 17.2. The molecule has 1 unspecified atom stereocenters. The van der Waals surface area contributed by atoms with Gasteiger partial charge in [0.2, 0.25) is 0 Å². The zero-order chi connectivity index (χ0) is 17.6. The summed E-state index contributed by atoms with van der Waals surface area (Å²) in [4.78, 5) is 11.6. The first-order chi connectivity index (χ1) is 12.1. The summed E-state index contributed by atoms with van der Waals surface area (Å²) in [6.45, 7) is 0. The lowest BCUT2D eigenvalue weighted by atomic mass is 9.92. The summed E-state index contributed by atoms with van der Waals surface area (Å²) in [5.41, 5.74) is 1.77. The van der Waals surface area contributed by atoms with E-state index in [1.54, 1.807) is 0 Å². The maximum atomic E-state index is 11.6. The quantitative estimate of drug-likeness (QED) is 0.585. The first-order valence-corrected chi connectivity index (χ1v) is 8.71. The minimum Gasteiger partial charge on any atom is -0.481 e. The van der Waals surface area contributed by atoms with Crippen LogP contribution in [0, 0.1) is 0 Å². The fourth-order valence-electron chi connectivity index (χ4n) is 2.60. The van der Waals surface area contributed by atoms with Gasteiger partial charge in [0.15, 0.2) is 0 Å². The van der Waals surface area contributed by atoms with Gasteiger partial charge in [-0.05, 0) is 53.9 Å². The van der Waals surface area contributed by atoms with Crippen molar-refractivity contribution < 1.29 is 14.6 Å².